The van der Waals surface area contributed by atoms with Gasteiger partial charge in [-0.2, -0.15) is 0 Å². The summed E-state index contributed by atoms with van der Waals surface area (Å²) in [4.78, 5) is 25.9. The normalized spacial score (nSPS) is 16.3. The number of hydrogen-bond acceptors (Lipinski definition) is 6. The summed E-state index contributed by atoms with van der Waals surface area (Å²) >= 11 is 0. The second-order valence-electron chi connectivity index (χ2n) is 7.99. The highest BCUT2D eigenvalue weighted by molar-refractivity contribution is 7.89. The minimum atomic E-state index is -3.73. The molecule has 2 rings (SSSR count). The first-order valence-corrected chi connectivity index (χ1v) is 11.2. The van der Waals surface area contributed by atoms with Gasteiger partial charge in [-0.15, -0.1) is 0 Å². The first-order chi connectivity index (χ1) is 13.5. The predicted octanol–water partition coefficient (Wildman–Crippen LogP) is 1.44. The lowest BCUT2D eigenvalue weighted by Crippen LogP contribution is -2.46. The molecule has 1 heterocycles. The molecule has 162 valence electrons. The molecule has 1 fully saturated rings. The number of ether oxygens (including phenoxy) is 2. The molecule has 0 aromatic heterocycles. The molecule has 0 saturated carbocycles. The number of amides is 1. The van der Waals surface area contributed by atoms with Gasteiger partial charge in [0.25, 0.3) is 5.91 Å². The maximum absolute atomic E-state index is 12.4. The zero-order valence-electron chi connectivity index (χ0n) is 17.4. The Kier molecular flexibility index (Phi) is 7.79. The number of nitrogens with one attached hydrogen (secondary N) is 1. The van der Waals surface area contributed by atoms with Crippen molar-refractivity contribution >= 4 is 21.9 Å². The topological polar surface area (TPSA) is 102 Å². The Balaban J connectivity index is 1.81. The van der Waals surface area contributed by atoms with Crippen molar-refractivity contribution in [1.82, 2.24) is 9.62 Å². The van der Waals surface area contributed by atoms with Gasteiger partial charge >= 0.3 is 5.97 Å². The molecule has 1 amide bonds. The van der Waals surface area contributed by atoms with Gasteiger partial charge in [-0.3, -0.25) is 9.59 Å². The first-order valence-electron chi connectivity index (χ1n) is 9.67. The number of carbonyl (C=O) groups excluding carboxylic acids is 2. The average molecular weight is 427 g/mol. The molecular weight excluding hydrogens is 396 g/mol. The number of benzene rings is 1. The fourth-order valence-corrected chi connectivity index (χ4v) is 3.88. The van der Waals surface area contributed by atoms with E-state index in [1.165, 1.54) is 6.92 Å². The SMILES string of the molecule is CC(OC(=O)CCNS(=O)(=O)c1ccc(C(C)(C)C)cc1)C(=O)N1CCOCC1. The lowest BCUT2D eigenvalue weighted by molar-refractivity contribution is -0.160. The Morgan fingerprint density at radius 3 is 2.31 bits per heavy atom. The lowest BCUT2D eigenvalue weighted by Gasteiger charge is -2.28. The van der Waals surface area contributed by atoms with Crippen LogP contribution >= 0.6 is 0 Å². The van der Waals surface area contributed by atoms with Crippen LogP contribution < -0.4 is 4.72 Å². The standard InChI is InChI=1S/C20H30N2O6S/c1-15(19(24)22-11-13-27-14-12-22)28-18(23)9-10-21-29(25,26)17-7-5-16(6-8-17)20(2,3)4/h5-8,15,21H,9-14H2,1-4H3. The molecule has 0 bridgehead atoms. The number of hydrogen-bond donors (Lipinski definition) is 1. The highest BCUT2D eigenvalue weighted by Crippen LogP contribution is 2.23. The Morgan fingerprint density at radius 1 is 1.17 bits per heavy atom. The van der Waals surface area contributed by atoms with Crippen molar-refractivity contribution < 1.29 is 27.5 Å². The molecule has 1 saturated heterocycles. The summed E-state index contributed by atoms with van der Waals surface area (Å²) in [6.07, 6.45) is -1.08. The molecular formula is C20H30N2O6S. The molecule has 0 aliphatic carbocycles. The number of esters is 1. The fourth-order valence-electron chi connectivity index (χ4n) is 2.85. The van der Waals surface area contributed by atoms with Crippen LogP contribution in [0.4, 0.5) is 0 Å². The maximum Gasteiger partial charge on any atom is 0.307 e. The third-order valence-electron chi connectivity index (χ3n) is 4.63. The van der Waals surface area contributed by atoms with E-state index in [4.69, 9.17) is 9.47 Å². The third kappa shape index (κ3) is 6.80. The summed E-state index contributed by atoms with van der Waals surface area (Å²) in [5.74, 6) is -0.911. The summed E-state index contributed by atoms with van der Waals surface area (Å²) in [6.45, 7) is 9.40. The summed E-state index contributed by atoms with van der Waals surface area (Å²) in [5.41, 5.74) is 0.952. The molecule has 1 aliphatic heterocycles. The van der Waals surface area contributed by atoms with Crippen LogP contribution in [0.1, 0.15) is 39.7 Å². The van der Waals surface area contributed by atoms with Crippen LogP contribution in [-0.4, -0.2) is 64.1 Å². The smallest absolute Gasteiger partial charge is 0.307 e. The van der Waals surface area contributed by atoms with Crippen LogP contribution in [0.3, 0.4) is 0 Å². The highest BCUT2D eigenvalue weighted by atomic mass is 32.2. The van der Waals surface area contributed by atoms with E-state index < -0.39 is 22.1 Å². The Bertz CT molecular complexity index is 808. The van der Waals surface area contributed by atoms with E-state index in [1.807, 2.05) is 20.8 Å². The van der Waals surface area contributed by atoms with Gasteiger partial charge in [0.15, 0.2) is 6.10 Å². The van der Waals surface area contributed by atoms with Crippen molar-refractivity contribution in [3.63, 3.8) is 0 Å². The molecule has 9 heteroatoms. The number of nitrogens with zero attached hydrogens (tertiary/aromatic N) is 1. The third-order valence-corrected chi connectivity index (χ3v) is 6.11. The number of sulfonamides is 1. The molecule has 1 unspecified atom stereocenters. The van der Waals surface area contributed by atoms with E-state index in [9.17, 15) is 18.0 Å². The zero-order chi connectivity index (χ0) is 21.7. The largest absolute Gasteiger partial charge is 0.452 e. The minimum absolute atomic E-state index is 0.0746. The molecule has 1 aliphatic rings. The lowest BCUT2D eigenvalue weighted by atomic mass is 9.87. The van der Waals surface area contributed by atoms with Gasteiger partial charge in [-0.25, -0.2) is 13.1 Å². The quantitative estimate of drug-likeness (QED) is 0.662. The second kappa shape index (κ2) is 9.69. The fraction of sp³-hybridized carbons (Fsp3) is 0.600. The minimum Gasteiger partial charge on any atom is -0.452 e. The van der Waals surface area contributed by atoms with E-state index in [-0.39, 0.29) is 29.2 Å². The molecule has 1 aromatic carbocycles. The Morgan fingerprint density at radius 2 is 1.76 bits per heavy atom. The van der Waals surface area contributed by atoms with Gasteiger partial charge in [-0.1, -0.05) is 32.9 Å². The van der Waals surface area contributed by atoms with Crippen molar-refractivity contribution in [3.05, 3.63) is 29.8 Å². The summed E-state index contributed by atoms with van der Waals surface area (Å²) in [6, 6.07) is 6.65. The molecule has 1 N–H and O–H groups in total. The van der Waals surface area contributed by atoms with E-state index in [2.05, 4.69) is 4.72 Å². The Hall–Kier alpha value is -1.97. The Labute approximate surface area is 172 Å². The number of morpholine rings is 1. The molecule has 8 nitrogen and oxygen atoms in total. The van der Waals surface area contributed by atoms with Gasteiger partial charge in [-0.05, 0) is 30.0 Å². The zero-order valence-corrected chi connectivity index (χ0v) is 18.3. The van der Waals surface area contributed by atoms with Crippen molar-refractivity contribution in [1.29, 1.82) is 0 Å². The number of carbonyl (C=O) groups is 2. The van der Waals surface area contributed by atoms with Crippen molar-refractivity contribution in [3.8, 4) is 0 Å². The molecule has 0 spiro atoms. The monoisotopic (exact) mass is 426 g/mol. The summed E-state index contributed by atoms with van der Waals surface area (Å²) in [7, 11) is -3.73. The van der Waals surface area contributed by atoms with Crippen molar-refractivity contribution in [2.24, 2.45) is 0 Å². The number of rotatable bonds is 7. The van der Waals surface area contributed by atoms with Crippen molar-refractivity contribution in [2.45, 2.75) is 50.5 Å². The van der Waals surface area contributed by atoms with Crippen LogP contribution in [0.15, 0.2) is 29.2 Å². The van der Waals surface area contributed by atoms with Gasteiger partial charge in [0.2, 0.25) is 10.0 Å². The highest BCUT2D eigenvalue weighted by Gasteiger charge is 2.25. The molecule has 0 radical (unpaired) electrons. The molecule has 29 heavy (non-hydrogen) atoms. The van der Waals surface area contributed by atoms with Gasteiger partial charge in [0, 0.05) is 19.6 Å². The van der Waals surface area contributed by atoms with Gasteiger partial charge < -0.3 is 14.4 Å². The first kappa shape index (κ1) is 23.3. The van der Waals surface area contributed by atoms with Gasteiger partial charge in [0.1, 0.15) is 0 Å². The average Bonchev–Trinajstić information content (AvgIpc) is 2.67. The van der Waals surface area contributed by atoms with E-state index in [0.717, 1.165) is 5.56 Å². The van der Waals surface area contributed by atoms with Crippen LogP contribution in [0.25, 0.3) is 0 Å². The second-order valence-corrected chi connectivity index (χ2v) is 9.76. The van der Waals surface area contributed by atoms with E-state index in [0.29, 0.717) is 26.3 Å². The van der Waals surface area contributed by atoms with Crippen molar-refractivity contribution in [2.75, 3.05) is 32.8 Å². The summed E-state index contributed by atoms with van der Waals surface area (Å²) in [5, 5.41) is 0. The maximum atomic E-state index is 12.4. The van der Waals surface area contributed by atoms with Gasteiger partial charge in [0.05, 0.1) is 24.5 Å². The predicted molar refractivity (Wildman–Crippen MR) is 108 cm³/mol. The van der Waals surface area contributed by atoms with Crippen LogP contribution in [0, 0.1) is 0 Å². The molecule has 1 atom stereocenters. The van der Waals surface area contributed by atoms with Crippen LogP contribution in [-0.2, 0) is 34.5 Å². The van der Waals surface area contributed by atoms with E-state index in [1.54, 1.807) is 29.2 Å². The van der Waals surface area contributed by atoms with Crippen LogP contribution in [0.5, 0.6) is 0 Å². The summed E-state index contributed by atoms with van der Waals surface area (Å²) < 4.78 is 37.5. The van der Waals surface area contributed by atoms with Crippen LogP contribution in [0.2, 0.25) is 0 Å². The van der Waals surface area contributed by atoms with E-state index >= 15 is 0 Å². The molecule has 1 aromatic rings.